The first-order valence-corrected chi connectivity index (χ1v) is 14.0. The van der Waals surface area contributed by atoms with E-state index in [4.69, 9.17) is 4.74 Å². The third-order valence-electron chi connectivity index (χ3n) is 6.68. The molecule has 38 heavy (non-hydrogen) atoms. The van der Waals surface area contributed by atoms with Gasteiger partial charge in [0.15, 0.2) is 5.75 Å². The average molecular weight is 539 g/mol. The Morgan fingerprint density at radius 3 is 2.53 bits per heavy atom. The van der Waals surface area contributed by atoms with Crippen molar-refractivity contribution >= 4 is 21.6 Å². The van der Waals surface area contributed by atoms with Crippen LogP contribution >= 0.6 is 0 Å². The highest BCUT2D eigenvalue weighted by molar-refractivity contribution is 7.92. The second-order valence-electron chi connectivity index (χ2n) is 9.78. The highest BCUT2D eigenvalue weighted by Crippen LogP contribution is 2.36. The van der Waals surface area contributed by atoms with Crippen molar-refractivity contribution in [1.82, 2.24) is 14.8 Å². The van der Waals surface area contributed by atoms with Crippen molar-refractivity contribution in [3.8, 4) is 5.75 Å². The molecule has 0 saturated carbocycles. The number of anilines is 1. The Labute approximate surface area is 224 Å². The first-order valence-electron chi connectivity index (χ1n) is 12.6. The molecule has 0 unspecified atom stereocenters. The molecule has 0 fully saturated rings. The molecule has 1 aromatic heterocycles. The minimum absolute atomic E-state index is 0.104. The number of rotatable bonds is 9. The van der Waals surface area contributed by atoms with E-state index in [9.17, 15) is 18.3 Å². The Morgan fingerprint density at radius 2 is 1.84 bits per heavy atom. The molecule has 10 heteroatoms. The number of ether oxygens (including phenoxy) is 1. The molecule has 0 aliphatic carbocycles. The summed E-state index contributed by atoms with van der Waals surface area (Å²) in [5, 5.41) is 9.88. The molecule has 0 radical (unpaired) electrons. The molecular weight excluding hydrogens is 504 g/mol. The predicted octanol–water partition coefficient (Wildman–Crippen LogP) is 3.23. The number of nitrogens with zero attached hydrogens (tertiary/aromatic N) is 3. The van der Waals surface area contributed by atoms with Crippen LogP contribution < -0.4 is 9.46 Å². The molecule has 2 aromatic carbocycles. The van der Waals surface area contributed by atoms with Crippen LogP contribution in [0, 0.1) is 5.92 Å². The van der Waals surface area contributed by atoms with Gasteiger partial charge in [0.2, 0.25) is 0 Å². The Morgan fingerprint density at radius 1 is 1.13 bits per heavy atom. The Balaban J connectivity index is 1.71. The number of hydrogen-bond acceptors (Lipinski definition) is 7. The van der Waals surface area contributed by atoms with Crippen molar-refractivity contribution in [2.24, 2.45) is 5.92 Å². The van der Waals surface area contributed by atoms with Gasteiger partial charge < -0.3 is 14.7 Å². The Kier molecular flexibility index (Phi) is 8.65. The number of aliphatic hydroxyl groups is 1. The van der Waals surface area contributed by atoms with E-state index in [1.54, 1.807) is 60.6 Å². The average Bonchev–Trinajstić information content (AvgIpc) is 2.91. The number of aromatic nitrogens is 1. The number of hydrogen-bond donors (Lipinski definition) is 2. The second-order valence-corrected chi connectivity index (χ2v) is 11.5. The molecule has 3 aromatic rings. The van der Waals surface area contributed by atoms with Crippen LogP contribution in [0.3, 0.4) is 0 Å². The lowest BCUT2D eigenvalue weighted by molar-refractivity contribution is 0.0344. The van der Waals surface area contributed by atoms with E-state index in [-0.39, 0.29) is 46.4 Å². The molecule has 1 amide bonds. The molecule has 0 saturated heterocycles. The van der Waals surface area contributed by atoms with Crippen LogP contribution in [0.4, 0.5) is 5.69 Å². The lowest BCUT2D eigenvalue weighted by Gasteiger charge is -2.38. The fourth-order valence-electron chi connectivity index (χ4n) is 4.52. The number of nitrogens with one attached hydrogen (secondary N) is 1. The molecule has 0 spiro atoms. The van der Waals surface area contributed by atoms with Crippen molar-refractivity contribution < 1.29 is 23.1 Å². The van der Waals surface area contributed by atoms with Crippen LogP contribution in [0.2, 0.25) is 0 Å². The minimum Gasteiger partial charge on any atom is -0.486 e. The number of para-hydroxylation sites is 1. The van der Waals surface area contributed by atoms with E-state index in [0.717, 1.165) is 5.56 Å². The molecule has 3 atom stereocenters. The zero-order valence-corrected chi connectivity index (χ0v) is 22.6. The van der Waals surface area contributed by atoms with Gasteiger partial charge in [-0.2, -0.15) is 0 Å². The van der Waals surface area contributed by atoms with Gasteiger partial charge in [-0.05, 0) is 55.9 Å². The van der Waals surface area contributed by atoms with Gasteiger partial charge in [-0.25, -0.2) is 8.42 Å². The second kappa shape index (κ2) is 11.9. The summed E-state index contributed by atoms with van der Waals surface area (Å²) in [4.78, 5) is 21.6. The van der Waals surface area contributed by atoms with Gasteiger partial charge in [0, 0.05) is 37.9 Å². The number of carbonyl (C=O) groups excluding carboxylic acids is 1. The Bertz CT molecular complexity index is 1340. The number of benzene rings is 2. The molecule has 2 heterocycles. The van der Waals surface area contributed by atoms with Gasteiger partial charge in [-0.15, -0.1) is 0 Å². The summed E-state index contributed by atoms with van der Waals surface area (Å²) in [6.45, 7) is 5.17. The summed E-state index contributed by atoms with van der Waals surface area (Å²) in [5.41, 5.74) is 1.53. The molecule has 1 aliphatic heterocycles. The standard InChI is InChI=1S/C28H34N4O5S/c1-20-16-32(21(2)19-33)28(34)24-10-7-11-25(30-38(35,36)23-8-5-4-6-9-23)27(24)37-26(20)18-31(3)17-22-12-14-29-15-13-22/h4-15,20-21,26,30,33H,16-19H2,1-3H3/t20-,21-,26-/m0/s1. The van der Waals surface area contributed by atoms with Crippen molar-refractivity contribution in [1.29, 1.82) is 0 Å². The summed E-state index contributed by atoms with van der Waals surface area (Å²) in [5.74, 6) is -0.251. The number of amides is 1. The monoisotopic (exact) mass is 538 g/mol. The highest BCUT2D eigenvalue weighted by Gasteiger charge is 2.35. The predicted molar refractivity (Wildman–Crippen MR) is 145 cm³/mol. The van der Waals surface area contributed by atoms with Crippen LogP contribution in [0.15, 0.2) is 78.0 Å². The minimum atomic E-state index is -3.93. The summed E-state index contributed by atoms with van der Waals surface area (Å²) >= 11 is 0. The number of carbonyl (C=O) groups is 1. The lowest BCUT2D eigenvalue weighted by Crippen LogP contribution is -2.49. The van der Waals surface area contributed by atoms with Gasteiger partial charge in [0.05, 0.1) is 28.8 Å². The van der Waals surface area contributed by atoms with Crippen molar-refractivity contribution in [2.75, 3.05) is 31.5 Å². The summed E-state index contributed by atoms with van der Waals surface area (Å²) in [6.07, 6.45) is 3.13. The maximum absolute atomic E-state index is 13.6. The van der Waals surface area contributed by atoms with Gasteiger partial charge in [0.1, 0.15) is 6.10 Å². The van der Waals surface area contributed by atoms with E-state index < -0.39 is 16.1 Å². The van der Waals surface area contributed by atoms with E-state index in [1.807, 2.05) is 26.1 Å². The van der Waals surface area contributed by atoms with Crippen LogP contribution in [-0.2, 0) is 16.6 Å². The smallest absolute Gasteiger partial charge is 0.262 e. The van der Waals surface area contributed by atoms with Crippen molar-refractivity contribution in [3.63, 3.8) is 0 Å². The van der Waals surface area contributed by atoms with E-state index in [2.05, 4.69) is 14.6 Å². The normalized spacial score (nSPS) is 18.8. The Hall–Kier alpha value is -3.47. The van der Waals surface area contributed by atoms with Gasteiger partial charge >= 0.3 is 0 Å². The first kappa shape index (κ1) is 27.6. The van der Waals surface area contributed by atoms with E-state index in [1.165, 1.54) is 12.1 Å². The largest absolute Gasteiger partial charge is 0.486 e. The number of aliphatic hydroxyl groups excluding tert-OH is 1. The number of fused-ring (bicyclic) bond motifs is 1. The van der Waals surface area contributed by atoms with Gasteiger partial charge in [0.25, 0.3) is 15.9 Å². The van der Waals surface area contributed by atoms with Crippen LogP contribution in [0.5, 0.6) is 5.75 Å². The summed E-state index contributed by atoms with van der Waals surface area (Å²) in [7, 11) is -1.94. The SMILES string of the molecule is C[C@H]1CN([C@@H](C)CO)C(=O)c2cccc(NS(=O)(=O)c3ccccc3)c2O[C@H]1CN(C)Cc1ccncc1. The molecule has 0 bridgehead atoms. The van der Waals surface area contributed by atoms with Gasteiger partial charge in [-0.3, -0.25) is 19.4 Å². The van der Waals surface area contributed by atoms with E-state index in [0.29, 0.717) is 19.6 Å². The number of sulfonamides is 1. The molecule has 4 rings (SSSR count). The van der Waals surface area contributed by atoms with E-state index >= 15 is 0 Å². The molecular formula is C28H34N4O5S. The maximum atomic E-state index is 13.6. The first-order chi connectivity index (χ1) is 18.2. The van der Waals surface area contributed by atoms with Gasteiger partial charge in [-0.1, -0.05) is 31.2 Å². The lowest BCUT2D eigenvalue weighted by atomic mass is 9.99. The maximum Gasteiger partial charge on any atom is 0.262 e. The quantitative estimate of drug-likeness (QED) is 0.430. The molecule has 9 nitrogen and oxygen atoms in total. The number of pyridine rings is 1. The third kappa shape index (κ3) is 6.32. The topological polar surface area (TPSA) is 112 Å². The highest BCUT2D eigenvalue weighted by atomic mass is 32.2. The van der Waals surface area contributed by atoms with Crippen LogP contribution in [0.25, 0.3) is 0 Å². The summed E-state index contributed by atoms with van der Waals surface area (Å²) < 4.78 is 35.5. The fourth-order valence-corrected chi connectivity index (χ4v) is 5.60. The zero-order chi connectivity index (χ0) is 27.3. The molecule has 202 valence electrons. The third-order valence-corrected chi connectivity index (χ3v) is 8.06. The van der Waals surface area contributed by atoms with Crippen LogP contribution in [-0.4, -0.2) is 73.1 Å². The fraction of sp³-hybridized carbons (Fsp3) is 0.357. The summed E-state index contributed by atoms with van der Waals surface area (Å²) in [6, 6.07) is 16.4. The van der Waals surface area contributed by atoms with Crippen LogP contribution in [0.1, 0.15) is 29.8 Å². The zero-order valence-electron chi connectivity index (χ0n) is 21.8. The van der Waals surface area contributed by atoms with Crippen molar-refractivity contribution in [2.45, 2.75) is 37.4 Å². The molecule has 1 aliphatic rings. The van der Waals surface area contributed by atoms with Crippen molar-refractivity contribution in [3.05, 3.63) is 84.2 Å². The number of likely N-dealkylation sites (N-methyl/N-ethyl adjacent to an activating group) is 1. The molecule has 2 N–H and O–H groups in total.